The Bertz CT molecular complexity index is 1090. The Balaban J connectivity index is 1.46. The topological polar surface area (TPSA) is 55.8 Å². The standard InChI is InChI=1S/C24H20ClNO4S/c1-29-21-13-17(7-12-20(21)30-15-16-5-3-2-4-6-16)14-22-23(27)26(24(28)31-22)19-10-8-18(25)9-11-19/h2-13,22H,14-15H2,1H3/t22-/m1/s1. The lowest BCUT2D eigenvalue weighted by atomic mass is 10.1. The van der Waals surface area contributed by atoms with E-state index < -0.39 is 5.25 Å². The molecular formula is C24H20ClNO4S. The predicted octanol–water partition coefficient (Wildman–Crippen LogP) is 5.74. The second-order valence-corrected chi connectivity index (χ2v) is 8.58. The van der Waals surface area contributed by atoms with Crippen molar-refractivity contribution in [2.75, 3.05) is 12.0 Å². The first-order chi connectivity index (χ1) is 15.0. The molecule has 0 N–H and O–H groups in total. The van der Waals surface area contributed by atoms with Crippen molar-refractivity contribution in [3.63, 3.8) is 0 Å². The molecule has 1 saturated heterocycles. The summed E-state index contributed by atoms with van der Waals surface area (Å²) < 4.78 is 11.4. The molecule has 7 heteroatoms. The number of methoxy groups -OCH3 is 1. The number of hydrogen-bond acceptors (Lipinski definition) is 5. The van der Waals surface area contributed by atoms with Crippen molar-refractivity contribution in [2.24, 2.45) is 0 Å². The number of carbonyl (C=O) groups is 2. The molecule has 5 nitrogen and oxygen atoms in total. The molecular weight excluding hydrogens is 434 g/mol. The Labute approximate surface area is 189 Å². The number of anilines is 1. The van der Waals surface area contributed by atoms with Crippen LogP contribution in [0.15, 0.2) is 72.8 Å². The van der Waals surface area contributed by atoms with Gasteiger partial charge in [-0.1, -0.05) is 59.8 Å². The molecule has 0 saturated carbocycles. The summed E-state index contributed by atoms with van der Waals surface area (Å²) in [6.07, 6.45) is 0.411. The Morgan fingerprint density at radius 1 is 0.935 bits per heavy atom. The number of nitrogens with zero attached hydrogens (tertiary/aromatic N) is 1. The molecule has 0 spiro atoms. The van der Waals surface area contributed by atoms with E-state index in [0.717, 1.165) is 22.9 Å². The average molecular weight is 454 g/mol. The molecule has 3 aromatic carbocycles. The molecule has 0 bridgehead atoms. The van der Waals surface area contributed by atoms with Crippen molar-refractivity contribution < 1.29 is 19.1 Å². The number of amides is 2. The van der Waals surface area contributed by atoms with Gasteiger partial charge in [0.25, 0.3) is 5.24 Å². The molecule has 1 fully saturated rings. The minimum Gasteiger partial charge on any atom is -0.493 e. The maximum atomic E-state index is 12.9. The van der Waals surface area contributed by atoms with Crippen molar-refractivity contribution >= 4 is 40.2 Å². The number of rotatable bonds is 7. The monoisotopic (exact) mass is 453 g/mol. The Morgan fingerprint density at radius 2 is 1.68 bits per heavy atom. The Hall–Kier alpha value is -2.96. The molecule has 1 heterocycles. The van der Waals surface area contributed by atoms with E-state index in [0.29, 0.717) is 35.2 Å². The fourth-order valence-corrected chi connectivity index (χ4v) is 4.47. The van der Waals surface area contributed by atoms with Gasteiger partial charge in [0.2, 0.25) is 5.91 Å². The number of ether oxygens (including phenoxy) is 2. The molecule has 1 atom stereocenters. The van der Waals surface area contributed by atoms with Crippen molar-refractivity contribution in [3.05, 3.63) is 88.9 Å². The van der Waals surface area contributed by atoms with Crippen LogP contribution in [-0.2, 0) is 17.8 Å². The van der Waals surface area contributed by atoms with Crippen LogP contribution < -0.4 is 14.4 Å². The highest BCUT2D eigenvalue weighted by molar-refractivity contribution is 8.15. The largest absolute Gasteiger partial charge is 0.493 e. The zero-order valence-electron chi connectivity index (χ0n) is 16.8. The minimum atomic E-state index is -0.496. The van der Waals surface area contributed by atoms with E-state index in [1.165, 1.54) is 4.90 Å². The van der Waals surface area contributed by atoms with Gasteiger partial charge in [-0.2, -0.15) is 0 Å². The molecule has 1 aliphatic heterocycles. The van der Waals surface area contributed by atoms with Crippen LogP contribution in [0.2, 0.25) is 5.02 Å². The van der Waals surface area contributed by atoms with Gasteiger partial charge in [0.15, 0.2) is 11.5 Å². The molecule has 158 valence electrons. The summed E-state index contributed by atoms with van der Waals surface area (Å²) in [4.78, 5) is 26.5. The summed E-state index contributed by atoms with van der Waals surface area (Å²) in [5.74, 6) is 0.977. The van der Waals surface area contributed by atoms with E-state index >= 15 is 0 Å². The van der Waals surface area contributed by atoms with E-state index in [4.69, 9.17) is 21.1 Å². The zero-order chi connectivity index (χ0) is 21.8. The second-order valence-electron chi connectivity index (χ2n) is 6.99. The van der Waals surface area contributed by atoms with Crippen LogP contribution >= 0.6 is 23.4 Å². The van der Waals surface area contributed by atoms with Gasteiger partial charge in [-0.25, -0.2) is 4.90 Å². The fourth-order valence-electron chi connectivity index (χ4n) is 3.32. The third kappa shape index (κ3) is 4.86. The van der Waals surface area contributed by atoms with Crippen LogP contribution in [0.3, 0.4) is 0 Å². The molecule has 0 radical (unpaired) electrons. The number of benzene rings is 3. The molecule has 0 unspecified atom stereocenters. The molecule has 0 aliphatic carbocycles. The smallest absolute Gasteiger partial charge is 0.293 e. The average Bonchev–Trinajstić information content (AvgIpc) is 3.07. The van der Waals surface area contributed by atoms with Gasteiger partial charge in [-0.05, 0) is 53.9 Å². The van der Waals surface area contributed by atoms with Gasteiger partial charge in [-0.15, -0.1) is 0 Å². The highest BCUT2D eigenvalue weighted by Gasteiger charge is 2.40. The lowest BCUT2D eigenvalue weighted by molar-refractivity contribution is -0.117. The van der Waals surface area contributed by atoms with Gasteiger partial charge < -0.3 is 9.47 Å². The summed E-state index contributed by atoms with van der Waals surface area (Å²) in [6, 6.07) is 22.1. The van der Waals surface area contributed by atoms with Crippen molar-refractivity contribution in [1.29, 1.82) is 0 Å². The number of carbonyl (C=O) groups excluding carboxylic acids is 2. The highest BCUT2D eigenvalue weighted by Crippen LogP contribution is 2.36. The van der Waals surface area contributed by atoms with Crippen molar-refractivity contribution in [3.8, 4) is 11.5 Å². The molecule has 0 aromatic heterocycles. The molecule has 3 aromatic rings. The summed E-state index contributed by atoms with van der Waals surface area (Å²) in [5, 5.41) is -0.232. The third-order valence-corrected chi connectivity index (χ3v) is 6.18. The second kappa shape index (κ2) is 9.45. The van der Waals surface area contributed by atoms with Gasteiger partial charge in [0.1, 0.15) is 6.61 Å². The summed E-state index contributed by atoms with van der Waals surface area (Å²) >= 11 is 6.94. The summed E-state index contributed by atoms with van der Waals surface area (Å²) in [6.45, 7) is 0.429. The van der Waals surface area contributed by atoms with Crippen molar-refractivity contribution in [2.45, 2.75) is 18.3 Å². The third-order valence-electron chi connectivity index (χ3n) is 4.89. The van der Waals surface area contributed by atoms with E-state index in [9.17, 15) is 9.59 Å². The lowest BCUT2D eigenvalue weighted by Gasteiger charge is -2.15. The first-order valence-electron chi connectivity index (χ1n) is 9.69. The highest BCUT2D eigenvalue weighted by atomic mass is 35.5. The van der Waals surface area contributed by atoms with Crippen LogP contribution in [0.25, 0.3) is 0 Å². The molecule has 31 heavy (non-hydrogen) atoms. The van der Waals surface area contributed by atoms with Crippen LogP contribution in [0.4, 0.5) is 10.5 Å². The molecule has 1 aliphatic rings. The SMILES string of the molecule is COc1cc(C[C@H]2SC(=O)N(c3ccc(Cl)cc3)C2=O)ccc1OCc1ccccc1. The van der Waals surface area contributed by atoms with Gasteiger partial charge in [-0.3, -0.25) is 9.59 Å². The Kier molecular flexibility index (Phi) is 6.49. The van der Waals surface area contributed by atoms with Gasteiger partial charge in [0, 0.05) is 5.02 Å². The van der Waals surface area contributed by atoms with E-state index in [2.05, 4.69) is 0 Å². The van der Waals surface area contributed by atoms with Crippen molar-refractivity contribution in [1.82, 2.24) is 0 Å². The quantitative estimate of drug-likeness (QED) is 0.456. The first kappa shape index (κ1) is 21.3. The maximum Gasteiger partial charge on any atom is 0.293 e. The van der Waals surface area contributed by atoms with E-state index in [-0.39, 0.29) is 11.1 Å². The minimum absolute atomic E-state index is 0.235. The van der Waals surface area contributed by atoms with Crippen LogP contribution in [0.5, 0.6) is 11.5 Å². The first-order valence-corrected chi connectivity index (χ1v) is 10.9. The normalized spacial score (nSPS) is 15.9. The number of imide groups is 1. The van der Waals surface area contributed by atoms with Crippen LogP contribution in [0.1, 0.15) is 11.1 Å². The zero-order valence-corrected chi connectivity index (χ0v) is 18.4. The van der Waals surface area contributed by atoms with Gasteiger partial charge >= 0.3 is 0 Å². The molecule has 2 amide bonds. The van der Waals surface area contributed by atoms with Crippen LogP contribution in [0, 0.1) is 0 Å². The maximum absolute atomic E-state index is 12.9. The lowest BCUT2D eigenvalue weighted by Crippen LogP contribution is -2.32. The molecule has 4 rings (SSSR count). The summed E-state index contributed by atoms with van der Waals surface area (Å²) in [7, 11) is 1.58. The van der Waals surface area contributed by atoms with E-state index in [1.54, 1.807) is 31.4 Å². The number of hydrogen-bond donors (Lipinski definition) is 0. The summed E-state index contributed by atoms with van der Waals surface area (Å²) in [5.41, 5.74) is 2.47. The van der Waals surface area contributed by atoms with Gasteiger partial charge in [0.05, 0.1) is 18.0 Å². The number of halogens is 1. The van der Waals surface area contributed by atoms with Crippen LogP contribution in [-0.4, -0.2) is 23.5 Å². The number of thioether (sulfide) groups is 1. The van der Waals surface area contributed by atoms with E-state index in [1.807, 2.05) is 48.5 Å². The fraction of sp³-hybridized carbons (Fsp3) is 0.167. The predicted molar refractivity (Wildman–Crippen MR) is 123 cm³/mol. The Morgan fingerprint density at radius 3 is 2.39 bits per heavy atom.